The molecule has 2 rings (SSSR count). The number of hydrogen-bond acceptors (Lipinski definition) is 3. The van der Waals surface area contributed by atoms with E-state index in [1.165, 1.54) is 0 Å². The van der Waals surface area contributed by atoms with E-state index in [4.69, 9.17) is 9.84 Å². The largest absolute Gasteiger partial charge is 0.494 e. The van der Waals surface area contributed by atoms with Crippen LogP contribution in [-0.4, -0.2) is 27.2 Å². The van der Waals surface area contributed by atoms with Crippen LogP contribution in [-0.2, 0) is 17.8 Å². The van der Waals surface area contributed by atoms with Gasteiger partial charge >= 0.3 is 5.97 Å². The van der Waals surface area contributed by atoms with Gasteiger partial charge in [0, 0.05) is 12.6 Å². The van der Waals surface area contributed by atoms with Gasteiger partial charge in [-0.1, -0.05) is 19.1 Å². The summed E-state index contributed by atoms with van der Waals surface area (Å²) in [7, 11) is 0. The highest BCUT2D eigenvalue weighted by Gasteiger charge is 2.14. The van der Waals surface area contributed by atoms with Crippen LogP contribution >= 0.6 is 0 Å². The highest BCUT2D eigenvalue weighted by atomic mass is 16.5. The number of rotatable bonds is 7. The average molecular weight is 288 g/mol. The van der Waals surface area contributed by atoms with Crippen LogP contribution in [0.25, 0.3) is 11.0 Å². The second-order valence-corrected chi connectivity index (χ2v) is 5.14. The van der Waals surface area contributed by atoms with E-state index in [0.29, 0.717) is 19.0 Å². The van der Waals surface area contributed by atoms with Gasteiger partial charge in [-0.15, -0.1) is 0 Å². The second kappa shape index (κ2) is 6.43. The number of aliphatic carboxylic acids is 1. The summed E-state index contributed by atoms with van der Waals surface area (Å²) in [5, 5.41) is 9.02. The molecule has 21 heavy (non-hydrogen) atoms. The lowest BCUT2D eigenvalue weighted by atomic mass is 10.2. The van der Waals surface area contributed by atoms with E-state index < -0.39 is 5.97 Å². The number of hydrogen-bond donors (Lipinski definition) is 1. The zero-order valence-corrected chi connectivity index (χ0v) is 12.4. The van der Waals surface area contributed by atoms with Crippen molar-refractivity contribution in [3.05, 3.63) is 36.2 Å². The number of carboxylic acid groups (broad SMARTS) is 1. The molecule has 2 aromatic rings. The third-order valence-electron chi connectivity index (χ3n) is 3.01. The summed E-state index contributed by atoms with van der Waals surface area (Å²) in [4.78, 5) is 15.4. The third kappa shape index (κ3) is 3.62. The summed E-state index contributed by atoms with van der Waals surface area (Å²) >= 11 is 0. The number of allylic oxidation sites excluding steroid dienone is 1. The van der Waals surface area contributed by atoms with Crippen molar-refractivity contribution in [2.75, 3.05) is 6.61 Å². The van der Waals surface area contributed by atoms with Crippen molar-refractivity contribution >= 4 is 17.0 Å². The van der Waals surface area contributed by atoms with E-state index in [1.54, 1.807) is 0 Å². The number of fused-ring (bicyclic) bond motifs is 1. The smallest absolute Gasteiger partial charge is 0.311 e. The first-order valence-corrected chi connectivity index (χ1v) is 6.99. The Morgan fingerprint density at radius 3 is 2.86 bits per heavy atom. The maximum Gasteiger partial charge on any atom is 0.311 e. The minimum Gasteiger partial charge on any atom is -0.494 e. The van der Waals surface area contributed by atoms with E-state index in [9.17, 15) is 4.79 Å². The Morgan fingerprint density at radius 2 is 2.24 bits per heavy atom. The van der Waals surface area contributed by atoms with E-state index in [1.807, 2.05) is 36.6 Å². The van der Waals surface area contributed by atoms with Crippen molar-refractivity contribution in [1.29, 1.82) is 0 Å². The van der Waals surface area contributed by atoms with Crippen LogP contribution in [0.15, 0.2) is 30.4 Å². The quantitative estimate of drug-likeness (QED) is 0.795. The van der Waals surface area contributed by atoms with Crippen LogP contribution in [0.4, 0.5) is 0 Å². The molecule has 1 aromatic carbocycles. The van der Waals surface area contributed by atoms with Gasteiger partial charge in [0.1, 0.15) is 18.0 Å². The molecule has 1 N–H and O–H groups in total. The number of aromatic nitrogens is 2. The Bertz CT molecular complexity index is 673. The Kier molecular flexibility index (Phi) is 4.62. The summed E-state index contributed by atoms with van der Waals surface area (Å²) < 4.78 is 7.49. The number of ether oxygens (including phenoxy) is 1. The first-order valence-electron chi connectivity index (χ1n) is 6.99. The summed E-state index contributed by atoms with van der Waals surface area (Å²) in [6.07, 6.45) is 0.833. The van der Waals surface area contributed by atoms with E-state index in [-0.39, 0.29) is 6.42 Å². The molecule has 112 valence electrons. The summed E-state index contributed by atoms with van der Waals surface area (Å²) in [6.45, 7) is 9.07. The van der Waals surface area contributed by atoms with Crippen LogP contribution in [0, 0.1) is 0 Å². The zero-order chi connectivity index (χ0) is 15.4. The molecule has 0 fully saturated rings. The molecule has 0 spiro atoms. The minimum atomic E-state index is -0.893. The van der Waals surface area contributed by atoms with Gasteiger partial charge in [0.25, 0.3) is 0 Å². The van der Waals surface area contributed by atoms with Crippen LogP contribution in [0.3, 0.4) is 0 Å². The number of imidazole rings is 1. The van der Waals surface area contributed by atoms with Gasteiger partial charge < -0.3 is 14.4 Å². The Balaban J connectivity index is 2.44. The first-order chi connectivity index (χ1) is 10.0. The molecular formula is C16H20N2O3. The molecule has 5 heteroatoms. The van der Waals surface area contributed by atoms with Crippen molar-refractivity contribution < 1.29 is 14.6 Å². The van der Waals surface area contributed by atoms with Gasteiger partial charge in [0.2, 0.25) is 0 Å². The Morgan fingerprint density at radius 1 is 1.48 bits per heavy atom. The van der Waals surface area contributed by atoms with Crippen LogP contribution < -0.4 is 4.74 Å². The van der Waals surface area contributed by atoms with Gasteiger partial charge in [-0.3, -0.25) is 4.79 Å². The molecule has 0 saturated carbocycles. The molecule has 1 heterocycles. The highest BCUT2D eigenvalue weighted by molar-refractivity contribution is 5.79. The van der Waals surface area contributed by atoms with Crippen molar-refractivity contribution in [3.63, 3.8) is 0 Å². The van der Waals surface area contributed by atoms with Crippen LogP contribution in [0.2, 0.25) is 0 Å². The maximum absolute atomic E-state index is 11.0. The Hall–Kier alpha value is -2.30. The average Bonchev–Trinajstić information content (AvgIpc) is 2.72. The molecule has 0 aliphatic heterocycles. The number of carboxylic acids is 1. The summed E-state index contributed by atoms with van der Waals surface area (Å²) in [6, 6.07) is 5.66. The molecule has 0 amide bonds. The summed E-state index contributed by atoms with van der Waals surface area (Å²) in [5.74, 6) is 0.398. The SMILES string of the molecule is C=C(C)Cn1c(CC(=O)O)nc2cc(OCCC)ccc21. The van der Waals surface area contributed by atoms with Crippen LogP contribution in [0.1, 0.15) is 26.1 Å². The first kappa shape index (κ1) is 15.1. The predicted octanol–water partition coefficient (Wildman–Crippen LogP) is 3.03. The lowest BCUT2D eigenvalue weighted by Crippen LogP contribution is -2.09. The van der Waals surface area contributed by atoms with Gasteiger partial charge in [-0.25, -0.2) is 4.98 Å². The normalized spacial score (nSPS) is 10.8. The van der Waals surface area contributed by atoms with Gasteiger partial charge in [0.15, 0.2) is 0 Å². The summed E-state index contributed by atoms with van der Waals surface area (Å²) in [5.41, 5.74) is 2.60. The lowest BCUT2D eigenvalue weighted by Gasteiger charge is -2.08. The van der Waals surface area contributed by atoms with Gasteiger partial charge in [0.05, 0.1) is 17.6 Å². The second-order valence-electron chi connectivity index (χ2n) is 5.14. The molecule has 0 unspecified atom stereocenters. The monoisotopic (exact) mass is 288 g/mol. The molecule has 1 aromatic heterocycles. The molecule has 0 atom stereocenters. The van der Waals surface area contributed by atoms with E-state index in [0.717, 1.165) is 28.8 Å². The van der Waals surface area contributed by atoms with Crippen molar-refractivity contribution in [3.8, 4) is 5.75 Å². The number of benzene rings is 1. The highest BCUT2D eigenvalue weighted by Crippen LogP contribution is 2.23. The molecule has 0 aliphatic carbocycles. The van der Waals surface area contributed by atoms with Crippen LogP contribution in [0.5, 0.6) is 5.75 Å². The predicted molar refractivity (Wildman–Crippen MR) is 81.7 cm³/mol. The molecule has 0 radical (unpaired) electrons. The fourth-order valence-corrected chi connectivity index (χ4v) is 2.19. The Labute approximate surface area is 123 Å². The van der Waals surface area contributed by atoms with Gasteiger partial charge in [-0.2, -0.15) is 0 Å². The van der Waals surface area contributed by atoms with Crippen molar-refractivity contribution in [1.82, 2.24) is 9.55 Å². The molecular weight excluding hydrogens is 268 g/mol. The van der Waals surface area contributed by atoms with Crippen molar-refractivity contribution in [2.24, 2.45) is 0 Å². The molecule has 0 bridgehead atoms. The number of carbonyl (C=O) groups is 1. The van der Waals surface area contributed by atoms with E-state index in [2.05, 4.69) is 11.6 Å². The van der Waals surface area contributed by atoms with Crippen molar-refractivity contribution in [2.45, 2.75) is 33.2 Å². The maximum atomic E-state index is 11.0. The lowest BCUT2D eigenvalue weighted by molar-refractivity contribution is -0.136. The molecule has 0 saturated heterocycles. The third-order valence-corrected chi connectivity index (χ3v) is 3.01. The topological polar surface area (TPSA) is 64.4 Å². The molecule has 0 aliphatic rings. The fourth-order valence-electron chi connectivity index (χ4n) is 2.19. The standard InChI is InChI=1S/C16H20N2O3/c1-4-7-21-12-5-6-14-13(8-12)17-15(9-16(19)20)18(14)10-11(2)3/h5-6,8H,2,4,7,9-10H2,1,3H3,(H,19,20). The van der Waals surface area contributed by atoms with Gasteiger partial charge in [-0.05, 0) is 25.5 Å². The zero-order valence-electron chi connectivity index (χ0n) is 12.4. The number of nitrogens with zero attached hydrogens (tertiary/aromatic N) is 2. The fraction of sp³-hybridized carbons (Fsp3) is 0.375. The van der Waals surface area contributed by atoms with E-state index >= 15 is 0 Å². The molecule has 5 nitrogen and oxygen atoms in total. The minimum absolute atomic E-state index is 0.104.